The molecular weight excluding hydrogens is 434 g/mol. The highest BCUT2D eigenvalue weighted by molar-refractivity contribution is 6.31. The van der Waals surface area contributed by atoms with Crippen LogP contribution in [0.5, 0.6) is 11.5 Å². The molecule has 170 valence electrons. The van der Waals surface area contributed by atoms with Crippen molar-refractivity contribution in [3.63, 3.8) is 0 Å². The molecular formula is C26H28ClN5O. The summed E-state index contributed by atoms with van der Waals surface area (Å²) in [7, 11) is 2.13. The van der Waals surface area contributed by atoms with E-state index in [1.165, 1.54) is 5.69 Å². The fraction of sp³-hybridized carbons (Fsp3) is 0.385. The molecule has 33 heavy (non-hydrogen) atoms. The van der Waals surface area contributed by atoms with Crippen LogP contribution in [0.15, 0.2) is 42.7 Å². The predicted molar refractivity (Wildman–Crippen MR) is 131 cm³/mol. The highest BCUT2D eigenvalue weighted by atomic mass is 35.5. The number of piperidine rings is 1. The van der Waals surface area contributed by atoms with Crippen molar-refractivity contribution < 1.29 is 4.74 Å². The Bertz CT molecular complexity index is 1210. The Morgan fingerprint density at radius 1 is 1.18 bits per heavy atom. The first-order valence-electron chi connectivity index (χ1n) is 11.6. The Kier molecular flexibility index (Phi) is 6.01. The summed E-state index contributed by atoms with van der Waals surface area (Å²) in [6.07, 6.45) is 8.15. The number of ether oxygens (including phenoxy) is 1. The predicted octanol–water partition coefficient (Wildman–Crippen LogP) is 5.56. The minimum Gasteiger partial charge on any atom is -0.455 e. The van der Waals surface area contributed by atoms with Crippen molar-refractivity contribution >= 4 is 17.3 Å². The number of nitrogens with zero attached hydrogens (tertiary/aromatic N) is 4. The van der Waals surface area contributed by atoms with E-state index in [0.717, 1.165) is 61.2 Å². The van der Waals surface area contributed by atoms with Crippen molar-refractivity contribution in [2.45, 2.75) is 44.7 Å². The molecule has 0 amide bonds. The van der Waals surface area contributed by atoms with Crippen molar-refractivity contribution in [2.75, 3.05) is 25.0 Å². The summed E-state index contributed by atoms with van der Waals surface area (Å²) in [5.74, 6) is 1.27. The molecule has 6 nitrogen and oxygen atoms in total. The van der Waals surface area contributed by atoms with Crippen LogP contribution in [-0.4, -0.2) is 36.0 Å². The van der Waals surface area contributed by atoms with Crippen molar-refractivity contribution in [1.29, 1.82) is 5.26 Å². The fourth-order valence-electron chi connectivity index (χ4n) is 4.87. The maximum Gasteiger partial charge on any atom is 0.146 e. The second kappa shape index (κ2) is 9.09. The summed E-state index contributed by atoms with van der Waals surface area (Å²) in [4.78, 5) is 2.30. The van der Waals surface area contributed by atoms with E-state index in [-0.39, 0.29) is 0 Å². The van der Waals surface area contributed by atoms with Gasteiger partial charge in [0.15, 0.2) is 0 Å². The van der Waals surface area contributed by atoms with E-state index in [9.17, 15) is 5.26 Å². The van der Waals surface area contributed by atoms with Crippen LogP contribution in [0.4, 0.5) is 5.69 Å². The lowest BCUT2D eigenvalue weighted by molar-refractivity contribution is 0.343. The van der Waals surface area contributed by atoms with Gasteiger partial charge in [0.05, 0.1) is 17.3 Å². The van der Waals surface area contributed by atoms with E-state index in [4.69, 9.17) is 21.4 Å². The number of rotatable bonds is 4. The van der Waals surface area contributed by atoms with Crippen LogP contribution in [0.25, 0.3) is 11.1 Å². The lowest BCUT2D eigenvalue weighted by atomic mass is 9.92. The van der Waals surface area contributed by atoms with Gasteiger partial charge in [0, 0.05) is 41.7 Å². The molecule has 3 heterocycles. The van der Waals surface area contributed by atoms with Crippen LogP contribution in [-0.2, 0) is 6.42 Å². The molecule has 0 radical (unpaired) electrons. The molecule has 0 spiro atoms. The Morgan fingerprint density at radius 3 is 2.79 bits per heavy atom. The van der Waals surface area contributed by atoms with Gasteiger partial charge in [-0.15, -0.1) is 0 Å². The maximum atomic E-state index is 9.69. The lowest BCUT2D eigenvalue weighted by Gasteiger charge is -2.35. The van der Waals surface area contributed by atoms with Gasteiger partial charge in [0.25, 0.3) is 0 Å². The minimum absolute atomic E-state index is 0.352. The largest absolute Gasteiger partial charge is 0.455 e. The number of hydrogen-bond donors (Lipinski definition) is 1. The summed E-state index contributed by atoms with van der Waals surface area (Å²) in [6, 6.07) is 12.7. The molecule has 5 rings (SSSR count). The van der Waals surface area contributed by atoms with Crippen molar-refractivity contribution in [2.24, 2.45) is 0 Å². The first-order chi connectivity index (χ1) is 16.1. The third-order valence-corrected chi connectivity index (χ3v) is 7.30. The van der Waals surface area contributed by atoms with E-state index in [1.807, 2.05) is 12.3 Å². The normalized spacial score (nSPS) is 18.6. The Balaban J connectivity index is 1.61. The summed E-state index contributed by atoms with van der Waals surface area (Å²) in [5.41, 5.74) is 4.69. The molecule has 1 atom stereocenters. The third kappa shape index (κ3) is 4.07. The molecule has 7 heteroatoms. The Hall–Kier alpha value is -3.01. The minimum atomic E-state index is 0.352. The Morgan fingerprint density at radius 2 is 2.00 bits per heavy atom. The molecule has 1 fully saturated rings. The van der Waals surface area contributed by atoms with Crippen LogP contribution in [0.3, 0.4) is 0 Å². The van der Waals surface area contributed by atoms with E-state index in [2.05, 4.69) is 53.3 Å². The number of anilines is 1. The van der Waals surface area contributed by atoms with E-state index < -0.39 is 0 Å². The average molecular weight is 462 g/mol. The number of nitrogens with one attached hydrogen (secondary N) is 1. The summed E-state index contributed by atoms with van der Waals surface area (Å²) in [6.45, 7) is 4.28. The Labute approximate surface area is 199 Å². The monoisotopic (exact) mass is 461 g/mol. The zero-order valence-electron chi connectivity index (χ0n) is 19.0. The molecule has 0 aliphatic carbocycles. The number of fused-ring (bicyclic) bond motifs is 1. The molecule has 2 aromatic carbocycles. The van der Waals surface area contributed by atoms with Crippen molar-refractivity contribution in [3.05, 3.63) is 58.9 Å². The summed E-state index contributed by atoms with van der Waals surface area (Å²) < 4.78 is 8.61. The zero-order chi connectivity index (χ0) is 22.9. The van der Waals surface area contributed by atoms with Gasteiger partial charge >= 0.3 is 0 Å². The molecule has 1 unspecified atom stereocenters. The molecule has 1 saturated heterocycles. The second-order valence-electron chi connectivity index (χ2n) is 8.96. The summed E-state index contributed by atoms with van der Waals surface area (Å²) >= 11 is 6.30. The summed E-state index contributed by atoms with van der Waals surface area (Å²) in [5, 5.41) is 18.2. The van der Waals surface area contributed by atoms with Crippen LogP contribution < -0.4 is 15.0 Å². The molecule has 2 aliphatic heterocycles. The number of benzene rings is 2. The SMILES string of the molecule is CC1CCc2c(ccc(-c3cnn(C4CCNCC4)c3)c2Oc2cccc(Cl)c2C#N)N1C. The van der Waals surface area contributed by atoms with E-state index >= 15 is 0 Å². The number of nitriles is 1. The van der Waals surface area contributed by atoms with Crippen LogP contribution in [0, 0.1) is 11.3 Å². The van der Waals surface area contributed by atoms with Gasteiger partial charge in [0.2, 0.25) is 0 Å². The lowest BCUT2D eigenvalue weighted by Crippen LogP contribution is -2.33. The molecule has 3 aromatic rings. The number of aromatic nitrogens is 2. The van der Waals surface area contributed by atoms with Gasteiger partial charge in [-0.1, -0.05) is 17.7 Å². The van der Waals surface area contributed by atoms with E-state index in [0.29, 0.717) is 28.4 Å². The second-order valence-corrected chi connectivity index (χ2v) is 9.36. The molecule has 0 bridgehead atoms. The third-order valence-electron chi connectivity index (χ3n) is 6.98. The highest BCUT2D eigenvalue weighted by Crippen LogP contribution is 2.45. The van der Waals surface area contributed by atoms with Crippen LogP contribution in [0.2, 0.25) is 5.02 Å². The fourth-order valence-corrected chi connectivity index (χ4v) is 5.08. The highest BCUT2D eigenvalue weighted by Gasteiger charge is 2.27. The zero-order valence-corrected chi connectivity index (χ0v) is 19.8. The maximum absolute atomic E-state index is 9.69. The average Bonchev–Trinajstić information content (AvgIpc) is 3.32. The first kappa shape index (κ1) is 21.8. The molecule has 1 N–H and O–H groups in total. The van der Waals surface area contributed by atoms with Gasteiger partial charge < -0.3 is 15.0 Å². The molecule has 0 saturated carbocycles. The quantitative estimate of drug-likeness (QED) is 0.550. The van der Waals surface area contributed by atoms with E-state index in [1.54, 1.807) is 12.1 Å². The number of halogens is 1. The van der Waals surface area contributed by atoms with Gasteiger partial charge in [-0.05, 0) is 70.0 Å². The molecule has 2 aliphatic rings. The van der Waals surface area contributed by atoms with Crippen LogP contribution >= 0.6 is 11.6 Å². The van der Waals surface area contributed by atoms with Gasteiger partial charge in [-0.2, -0.15) is 10.4 Å². The van der Waals surface area contributed by atoms with Crippen LogP contribution in [0.1, 0.15) is 43.4 Å². The molecule has 1 aromatic heterocycles. The topological polar surface area (TPSA) is 66.1 Å². The van der Waals surface area contributed by atoms with Crippen molar-refractivity contribution in [3.8, 4) is 28.7 Å². The standard InChI is InChI=1S/C26H28ClN5O/c1-17-6-7-21-24(31(17)2)9-8-20(18-15-30-32(16-18)19-10-12-29-13-11-19)26(21)33-25-5-3-4-23(27)22(25)14-28/h3-5,8-9,15-17,19,29H,6-7,10-13H2,1-2H3. The van der Waals surface area contributed by atoms with Gasteiger partial charge in [0.1, 0.15) is 23.1 Å². The first-order valence-corrected chi connectivity index (χ1v) is 11.9. The number of hydrogen-bond acceptors (Lipinski definition) is 5. The van der Waals surface area contributed by atoms with Crippen molar-refractivity contribution in [1.82, 2.24) is 15.1 Å². The van der Waals surface area contributed by atoms with Gasteiger partial charge in [-0.25, -0.2) is 0 Å². The smallest absolute Gasteiger partial charge is 0.146 e. The van der Waals surface area contributed by atoms with Gasteiger partial charge in [-0.3, -0.25) is 4.68 Å².